The second-order valence-corrected chi connectivity index (χ2v) is 4.61. The first-order valence-electron chi connectivity index (χ1n) is 5.46. The van der Waals surface area contributed by atoms with Gasteiger partial charge in [0, 0.05) is 0 Å². The van der Waals surface area contributed by atoms with Gasteiger partial charge in [-0.25, -0.2) is 4.39 Å². The third-order valence-corrected chi connectivity index (χ3v) is 2.90. The number of rotatable bonds is 3. The molecule has 0 aromatic heterocycles. The zero-order valence-electron chi connectivity index (χ0n) is 9.28. The van der Waals surface area contributed by atoms with Gasteiger partial charge in [-0.2, -0.15) is 0 Å². The van der Waals surface area contributed by atoms with Crippen LogP contribution in [0.25, 0.3) is 0 Å². The lowest BCUT2D eigenvalue weighted by atomic mass is 9.73. The largest absolute Gasteiger partial charge is 0.461 e. The summed E-state index contributed by atoms with van der Waals surface area (Å²) >= 11 is 0. The molecule has 86 valence electrons. The molecule has 0 unspecified atom stereocenters. The molecule has 1 aliphatic rings. The average molecular weight is 222 g/mol. The molecule has 16 heavy (non-hydrogen) atoms. The van der Waals surface area contributed by atoms with E-state index >= 15 is 0 Å². The maximum absolute atomic E-state index is 13.2. The van der Waals surface area contributed by atoms with E-state index < -0.39 is 5.67 Å². The van der Waals surface area contributed by atoms with Gasteiger partial charge in [-0.3, -0.25) is 4.79 Å². The van der Waals surface area contributed by atoms with Crippen LogP contribution >= 0.6 is 0 Å². The Morgan fingerprint density at radius 3 is 2.62 bits per heavy atom. The number of hydrogen-bond acceptors (Lipinski definition) is 2. The average Bonchev–Trinajstić information content (AvgIpc) is 2.24. The summed E-state index contributed by atoms with van der Waals surface area (Å²) in [6.07, 6.45) is 0.585. The van der Waals surface area contributed by atoms with Crippen LogP contribution in [0.5, 0.6) is 0 Å². The van der Waals surface area contributed by atoms with E-state index in [4.69, 9.17) is 4.74 Å². The van der Waals surface area contributed by atoms with E-state index in [1.807, 2.05) is 30.3 Å². The third-order valence-electron chi connectivity index (χ3n) is 2.90. The van der Waals surface area contributed by atoms with Crippen LogP contribution in [-0.2, 0) is 16.1 Å². The van der Waals surface area contributed by atoms with Crippen molar-refractivity contribution in [3.8, 4) is 0 Å². The van der Waals surface area contributed by atoms with Crippen LogP contribution in [0.4, 0.5) is 4.39 Å². The number of ether oxygens (including phenoxy) is 1. The summed E-state index contributed by atoms with van der Waals surface area (Å²) in [5.41, 5.74) is -0.214. The van der Waals surface area contributed by atoms with E-state index in [1.165, 1.54) is 6.92 Å². The highest BCUT2D eigenvalue weighted by Gasteiger charge is 2.45. The SMILES string of the molecule is CC1(F)CC(C(=O)OCc2ccccc2)C1. The molecule has 0 heterocycles. The molecular formula is C13H15FO2. The van der Waals surface area contributed by atoms with E-state index in [2.05, 4.69) is 0 Å². The van der Waals surface area contributed by atoms with Gasteiger partial charge in [0.05, 0.1) is 5.92 Å². The Kier molecular flexibility index (Phi) is 2.95. The second-order valence-electron chi connectivity index (χ2n) is 4.61. The number of alkyl halides is 1. The summed E-state index contributed by atoms with van der Waals surface area (Å²) in [6, 6.07) is 9.49. The Hall–Kier alpha value is -1.38. The summed E-state index contributed by atoms with van der Waals surface area (Å²) < 4.78 is 18.3. The van der Waals surface area contributed by atoms with Gasteiger partial charge in [0.2, 0.25) is 0 Å². The van der Waals surface area contributed by atoms with Crippen molar-refractivity contribution in [2.75, 3.05) is 0 Å². The minimum Gasteiger partial charge on any atom is -0.461 e. The molecule has 0 bridgehead atoms. The maximum Gasteiger partial charge on any atom is 0.309 e. The van der Waals surface area contributed by atoms with Crippen LogP contribution in [0.15, 0.2) is 30.3 Å². The maximum atomic E-state index is 13.2. The van der Waals surface area contributed by atoms with Crippen molar-refractivity contribution in [1.29, 1.82) is 0 Å². The van der Waals surface area contributed by atoms with Gasteiger partial charge < -0.3 is 4.74 Å². The molecule has 1 aromatic rings. The molecule has 1 saturated carbocycles. The molecule has 2 rings (SSSR count). The summed E-state index contributed by atoms with van der Waals surface area (Å²) in [5.74, 6) is -0.530. The van der Waals surface area contributed by atoms with Crippen molar-refractivity contribution in [1.82, 2.24) is 0 Å². The molecule has 0 saturated heterocycles. The van der Waals surface area contributed by atoms with E-state index in [1.54, 1.807) is 0 Å². The second kappa shape index (κ2) is 4.24. The van der Waals surface area contributed by atoms with E-state index in [-0.39, 0.29) is 18.5 Å². The zero-order chi connectivity index (χ0) is 11.6. The summed E-state index contributed by atoms with van der Waals surface area (Å²) in [5, 5.41) is 0. The fraction of sp³-hybridized carbons (Fsp3) is 0.462. The Bertz CT molecular complexity index is 365. The lowest BCUT2D eigenvalue weighted by Crippen LogP contribution is -2.41. The van der Waals surface area contributed by atoms with Crippen molar-refractivity contribution in [3.63, 3.8) is 0 Å². The van der Waals surface area contributed by atoms with Gasteiger partial charge in [0.15, 0.2) is 0 Å². The molecular weight excluding hydrogens is 207 g/mol. The lowest BCUT2D eigenvalue weighted by Gasteiger charge is -2.36. The Morgan fingerprint density at radius 2 is 2.06 bits per heavy atom. The van der Waals surface area contributed by atoms with Crippen LogP contribution < -0.4 is 0 Å². The number of halogens is 1. The zero-order valence-corrected chi connectivity index (χ0v) is 9.28. The summed E-state index contributed by atoms with van der Waals surface area (Å²) in [6.45, 7) is 1.80. The van der Waals surface area contributed by atoms with Crippen LogP contribution in [0, 0.1) is 5.92 Å². The Morgan fingerprint density at radius 1 is 1.44 bits per heavy atom. The van der Waals surface area contributed by atoms with Crippen LogP contribution in [-0.4, -0.2) is 11.6 Å². The Balaban J connectivity index is 1.77. The number of benzene rings is 1. The van der Waals surface area contributed by atoms with Crippen molar-refractivity contribution in [2.45, 2.75) is 32.0 Å². The van der Waals surface area contributed by atoms with Crippen LogP contribution in [0.2, 0.25) is 0 Å². The molecule has 0 N–H and O–H groups in total. The van der Waals surface area contributed by atoms with Crippen molar-refractivity contribution in [3.05, 3.63) is 35.9 Å². The molecule has 0 radical (unpaired) electrons. The van der Waals surface area contributed by atoms with E-state index in [0.29, 0.717) is 12.8 Å². The van der Waals surface area contributed by atoms with Crippen molar-refractivity contribution < 1.29 is 13.9 Å². The van der Waals surface area contributed by atoms with Gasteiger partial charge >= 0.3 is 5.97 Å². The number of carbonyl (C=O) groups is 1. The minimum absolute atomic E-state index is 0.251. The fourth-order valence-corrected chi connectivity index (χ4v) is 1.98. The normalized spacial score (nSPS) is 28.2. The summed E-state index contributed by atoms with van der Waals surface area (Å²) in [4.78, 5) is 11.5. The first kappa shape index (κ1) is 11.1. The third kappa shape index (κ3) is 2.60. The van der Waals surface area contributed by atoms with Crippen LogP contribution in [0.3, 0.4) is 0 Å². The molecule has 1 aromatic carbocycles. The van der Waals surface area contributed by atoms with Gasteiger partial charge in [0.1, 0.15) is 12.3 Å². The van der Waals surface area contributed by atoms with Crippen molar-refractivity contribution in [2.24, 2.45) is 5.92 Å². The highest BCUT2D eigenvalue weighted by molar-refractivity contribution is 5.74. The fourth-order valence-electron chi connectivity index (χ4n) is 1.98. The van der Waals surface area contributed by atoms with Crippen molar-refractivity contribution >= 4 is 5.97 Å². The molecule has 0 aliphatic heterocycles. The first-order chi connectivity index (χ1) is 7.57. The minimum atomic E-state index is -1.17. The molecule has 0 spiro atoms. The van der Waals surface area contributed by atoms with E-state index in [0.717, 1.165) is 5.56 Å². The molecule has 0 atom stereocenters. The predicted octanol–water partition coefficient (Wildman–Crippen LogP) is 2.87. The van der Waals surface area contributed by atoms with Gasteiger partial charge in [0.25, 0.3) is 0 Å². The van der Waals surface area contributed by atoms with E-state index in [9.17, 15) is 9.18 Å². The molecule has 1 fully saturated rings. The highest BCUT2D eigenvalue weighted by atomic mass is 19.1. The monoisotopic (exact) mass is 222 g/mol. The highest BCUT2D eigenvalue weighted by Crippen LogP contribution is 2.41. The predicted molar refractivity (Wildman–Crippen MR) is 58.5 cm³/mol. The smallest absolute Gasteiger partial charge is 0.309 e. The van der Waals surface area contributed by atoms with Gasteiger partial charge in [-0.1, -0.05) is 30.3 Å². The quantitative estimate of drug-likeness (QED) is 0.735. The molecule has 1 aliphatic carbocycles. The standard InChI is InChI=1S/C13H15FO2/c1-13(14)7-11(8-13)12(15)16-9-10-5-3-2-4-6-10/h2-6,11H,7-9H2,1H3. The topological polar surface area (TPSA) is 26.3 Å². The molecule has 3 heteroatoms. The summed E-state index contributed by atoms with van der Waals surface area (Å²) in [7, 11) is 0. The lowest BCUT2D eigenvalue weighted by molar-refractivity contribution is -0.158. The van der Waals surface area contributed by atoms with Gasteiger partial charge in [-0.15, -0.1) is 0 Å². The molecule has 0 amide bonds. The Labute approximate surface area is 94.4 Å². The molecule has 2 nitrogen and oxygen atoms in total. The van der Waals surface area contributed by atoms with Crippen LogP contribution in [0.1, 0.15) is 25.3 Å². The first-order valence-corrected chi connectivity index (χ1v) is 5.46. The number of carbonyl (C=O) groups excluding carboxylic acids is 1. The number of hydrogen-bond donors (Lipinski definition) is 0. The number of esters is 1. The van der Waals surface area contributed by atoms with Gasteiger partial charge in [-0.05, 0) is 25.3 Å².